The molecular weight excluding hydrogens is 358 g/mol. The number of anilines is 1. The summed E-state index contributed by atoms with van der Waals surface area (Å²) in [5.74, 6) is 0.851. The first kappa shape index (κ1) is 19.5. The van der Waals surface area contributed by atoms with Crippen molar-refractivity contribution in [2.75, 3.05) is 5.32 Å². The molecule has 3 rings (SSSR count). The fraction of sp³-hybridized carbons (Fsp3) is 0.350. The summed E-state index contributed by atoms with van der Waals surface area (Å²) >= 11 is 0. The third-order valence-corrected chi connectivity index (χ3v) is 4.31. The van der Waals surface area contributed by atoms with Gasteiger partial charge in [0, 0.05) is 16.7 Å². The summed E-state index contributed by atoms with van der Waals surface area (Å²) in [6.07, 6.45) is 1.46. The maximum atomic E-state index is 12.5. The maximum Gasteiger partial charge on any atom is 0.277 e. The standard InChI is InChI=1S/C20H23N5O3/c1-12-13(2)28-19(21-12)14-7-6-8-15(9-14)22-18(27)16-10-25(24-23-16)11-17(26)20(3,4)5/h6-10H,11H2,1-5H3,(H,22,27). The number of Topliss-reactive ketones (excluding diaryl/α,β-unsaturated/α-hetero) is 1. The number of rotatable bonds is 5. The van der Waals surface area contributed by atoms with E-state index in [2.05, 4.69) is 20.6 Å². The molecule has 1 N–H and O–H groups in total. The third-order valence-electron chi connectivity index (χ3n) is 4.31. The zero-order valence-electron chi connectivity index (χ0n) is 16.6. The summed E-state index contributed by atoms with van der Waals surface area (Å²) in [4.78, 5) is 28.9. The number of ketones is 1. The van der Waals surface area contributed by atoms with Gasteiger partial charge >= 0.3 is 0 Å². The molecule has 0 radical (unpaired) electrons. The van der Waals surface area contributed by atoms with Crippen molar-refractivity contribution in [1.29, 1.82) is 0 Å². The normalized spacial score (nSPS) is 11.5. The highest BCUT2D eigenvalue weighted by atomic mass is 16.4. The predicted molar refractivity (Wildman–Crippen MR) is 104 cm³/mol. The molecule has 0 saturated carbocycles. The molecule has 0 bridgehead atoms. The lowest BCUT2D eigenvalue weighted by Crippen LogP contribution is -2.25. The van der Waals surface area contributed by atoms with Crippen molar-refractivity contribution in [2.24, 2.45) is 5.41 Å². The van der Waals surface area contributed by atoms with Gasteiger partial charge in [0.2, 0.25) is 5.89 Å². The summed E-state index contributed by atoms with van der Waals surface area (Å²) in [5.41, 5.74) is 1.82. The Morgan fingerprint density at radius 3 is 2.61 bits per heavy atom. The van der Waals surface area contributed by atoms with Gasteiger partial charge in [-0.2, -0.15) is 0 Å². The van der Waals surface area contributed by atoms with Crippen LogP contribution in [0, 0.1) is 19.3 Å². The first-order valence-corrected chi connectivity index (χ1v) is 8.93. The Kier molecular flexibility index (Phi) is 5.13. The topological polar surface area (TPSA) is 103 Å². The van der Waals surface area contributed by atoms with Gasteiger partial charge in [-0.15, -0.1) is 5.10 Å². The predicted octanol–water partition coefficient (Wildman–Crippen LogP) is 3.42. The van der Waals surface area contributed by atoms with E-state index in [1.54, 1.807) is 18.2 Å². The molecule has 0 saturated heterocycles. The van der Waals surface area contributed by atoms with Crippen LogP contribution in [0.3, 0.4) is 0 Å². The van der Waals surface area contributed by atoms with Gasteiger partial charge in [-0.1, -0.05) is 32.1 Å². The molecular formula is C20H23N5O3. The Hall–Kier alpha value is -3.29. The van der Waals surface area contributed by atoms with Gasteiger partial charge in [-0.25, -0.2) is 9.67 Å². The van der Waals surface area contributed by atoms with Gasteiger partial charge in [0.15, 0.2) is 11.5 Å². The van der Waals surface area contributed by atoms with Crippen molar-refractivity contribution in [3.05, 3.63) is 47.6 Å². The van der Waals surface area contributed by atoms with Crippen LogP contribution in [0.1, 0.15) is 42.7 Å². The summed E-state index contributed by atoms with van der Waals surface area (Å²) in [5, 5.41) is 10.5. The minimum atomic E-state index is -0.481. The minimum absolute atomic E-state index is 0.00796. The van der Waals surface area contributed by atoms with Gasteiger partial charge in [-0.05, 0) is 32.0 Å². The smallest absolute Gasteiger partial charge is 0.277 e. The molecule has 8 heteroatoms. The number of nitrogens with zero attached hydrogens (tertiary/aromatic N) is 4. The second kappa shape index (κ2) is 7.38. The van der Waals surface area contributed by atoms with Crippen LogP contribution in [-0.4, -0.2) is 31.7 Å². The van der Waals surface area contributed by atoms with E-state index < -0.39 is 11.3 Å². The number of hydrogen-bond donors (Lipinski definition) is 1. The Bertz CT molecular complexity index is 1010. The SMILES string of the molecule is Cc1nc(-c2cccc(NC(=O)c3cn(CC(=O)C(C)(C)C)nn3)c2)oc1C. The highest BCUT2D eigenvalue weighted by Crippen LogP contribution is 2.24. The molecule has 3 aromatic rings. The Morgan fingerprint density at radius 1 is 1.21 bits per heavy atom. The van der Waals surface area contributed by atoms with Crippen LogP contribution in [0.25, 0.3) is 11.5 Å². The van der Waals surface area contributed by atoms with Gasteiger partial charge in [-0.3, -0.25) is 9.59 Å². The number of hydrogen-bond acceptors (Lipinski definition) is 6. The fourth-order valence-electron chi connectivity index (χ4n) is 2.39. The zero-order valence-corrected chi connectivity index (χ0v) is 16.6. The lowest BCUT2D eigenvalue weighted by Gasteiger charge is -2.15. The van der Waals surface area contributed by atoms with Crippen molar-refractivity contribution in [1.82, 2.24) is 20.0 Å². The molecule has 0 atom stereocenters. The first-order chi connectivity index (χ1) is 13.1. The molecule has 28 heavy (non-hydrogen) atoms. The molecule has 0 aliphatic rings. The van der Waals surface area contributed by atoms with E-state index in [-0.39, 0.29) is 18.0 Å². The van der Waals surface area contributed by atoms with Gasteiger partial charge in [0.1, 0.15) is 12.3 Å². The number of amides is 1. The van der Waals surface area contributed by atoms with E-state index >= 15 is 0 Å². The van der Waals surface area contributed by atoms with Gasteiger partial charge in [0.25, 0.3) is 5.91 Å². The Labute approximate surface area is 163 Å². The van der Waals surface area contributed by atoms with Crippen molar-refractivity contribution in [2.45, 2.75) is 41.2 Å². The number of benzene rings is 1. The van der Waals surface area contributed by atoms with E-state index in [9.17, 15) is 9.59 Å². The largest absolute Gasteiger partial charge is 0.441 e. The number of aryl methyl sites for hydroxylation is 2. The van der Waals surface area contributed by atoms with Crippen molar-refractivity contribution in [3.8, 4) is 11.5 Å². The van der Waals surface area contributed by atoms with E-state index in [0.717, 1.165) is 17.0 Å². The quantitative estimate of drug-likeness (QED) is 0.726. The Morgan fingerprint density at radius 2 is 1.96 bits per heavy atom. The molecule has 8 nitrogen and oxygen atoms in total. The van der Waals surface area contributed by atoms with Crippen molar-refractivity contribution in [3.63, 3.8) is 0 Å². The van der Waals surface area contributed by atoms with Crippen LogP contribution < -0.4 is 5.32 Å². The summed E-state index contributed by atoms with van der Waals surface area (Å²) < 4.78 is 7.00. The molecule has 0 aliphatic heterocycles. The molecule has 0 spiro atoms. The van der Waals surface area contributed by atoms with Crippen molar-refractivity contribution >= 4 is 17.4 Å². The number of oxazole rings is 1. The fourth-order valence-corrected chi connectivity index (χ4v) is 2.39. The van der Waals surface area contributed by atoms with E-state index in [4.69, 9.17) is 4.42 Å². The molecule has 2 aromatic heterocycles. The average Bonchev–Trinajstić information content (AvgIpc) is 3.21. The van der Waals surface area contributed by atoms with E-state index in [1.165, 1.54) is 10.9 Å². The molecule has 1 aromatic carbocycles. The molecule has 0 fully saturated rings. The van der Waals surface area contributed by atoms with Crippen LogP contribution >= 0.6 is 0 Å². The zero-order chi connectivity index (χ0) is 20.5. The second-order valence-electron chi connectivity index (χ2n) is 7.67. The van der Waals surface area contributed by atoms with Crippen LogP contribution in [0.4, 0.5) is 5.69 Å². The lowest BCUT2D eigenvalue weighted by atomic mass is 9.91. The third kappa shape index (κ3) is 4.33. The molecule has 0 unspecified atom stereocenters. The van der Waals surface area contributed by atoms with Crippen molar-refractivity contribution < 1.29 is 14.0 Å². The van der Waals surface area contributed by atoms with Crippen LogP contribution in [0.2, 0.25) is 0 Å². The molecule has 2 heterocycles. The first-order valence-electron chi connectivity index (χ1n) is 8.93. The maximum absolute atomic E-state index is 12.5. The summed E-state index contributed by atoms with van der Waals surface area (Å²) in [6, 6.07) is 7.20. The highest BCUT2D eigenvalue weighted by molar-refractivity contribution is 6.02. The van der Waals surface area contributed by atoms with Crippen LogP contribution in [0.15, 0.2) is 34.9 Å². The number of aromatic nitrogens is 4. The highest BCUT2D eigenvalue weighted by Gasteiger charge is 2.22. The number of carbonyl (C=O) groups is 2. The van der Waals surface area contributed by atoms with Crippen LogP contribution in [-0.2, 0) is 11.3 Å². The summed E-state index contributed by atoms with van der Waals surface area (Å²) in [6.45, 7) is 9.31. The van der Waals surface area contributed by atoms with Crippen LogP contribution in [0.5, 0.6) is 0 Å². The van der Waals surface area contributed by atoms with E-state index in [1.807, 2.05) is 40.7 Å². The average molecular weight is 381 g/mol. The molecule has 0 aliphatic carbocycles. The van der Waals surface area contributed by atoms with E-state index in [0.29, 0.717) is 11.6 Å². The minimum Gasteiger partial charge on any atom is -0.441 e. The Balaban J connectivity index is 1.72. The van der Waals surface area contributed by atoms with Gasteiger partial charge < -0.3 is 9.73 Å². The summed E-state index contributed by atoms with van der Waals surface area (Å²) in [7, 11) is 0. The number of nitrogens with one attached hydrogen (secondary N) is 1. The second-order valence-corrected chi connectivity index (χ2v) is 7.67. The molecule has 146 valence electrons. The number of carbonyl (C=O) groups excluding carboxylic acids is 2. The monoisotopic (exact) mass is 381 g/mol. The lowest BCUT2D eigenvalue weighted by molar-refractivity contribution is -0.127. The molecule has 1 amide bonds. The van der Waals surface area contributed by atoms with Gasteiger partial charge in [0.05, 0.1) is 11.9 Å².